The number of carbonyl (C=O) groups is 1. The van der Waals surface area contributed by atoms with Crippen molar-refractivity contribution in [3.05, 3.63) is 64.7 Å². The van der Waals surface area contributed by atoms with Crippen molar-refractivity contribution in [2.24, 2.45) is 5.73 Å². The molecule has 5 heteroatoms. The minimum absolute atomic E-state index is 0.322. The van der Waals surface area contributed by atoms with Crippen LogP contribution in [-0.2, 0) is 17.1 Å². The summed E-state index contributed by atoms with van der Waals surface area (Å²) in [6.45, 7) is 2.39. The second-order valence-electron chi connectivity index (χ2n) is 5.07. The number of hydrogen-bond donors (Lipinski definition) is 2. The van der Waals surface area contributed by atoms with Crippen molar-refractivity contribution in [1.29, 1.82) is 0 Å². The van der Waals surface area contributed by atoms with E-state index in [-0.39, 0.29) is 11.9 Å². The molecule has 0 spiro atoms. The predicted octanol–water partition coefficient (Wildman–Crippen LogP) is 3.60. The fourth-order valence-corrected chi connectivity index (χ4v) is 2.92. The standard InChI is InChI=1S/C17H19ClN2OS/c1-12(17(19)21)20-10-13-5-7-16(8-6-13)22-11-14-3-2-4-15(18)9-14/h2-9,12,20H,10-11H2,1H3,(H2,19,21). The first-order valence-electron chi connectivity index (χ1n) is 7.03. The molecule has 2 aromatic rings. The fraction of sp³-hybridized carbons (Fsp3) is 0.235. The number of primary amides is 1. The number of hydrogen-bond acceptors (Lipinski definition) is 3. The van der Waals surface area contributed by atoms with Crippen molar-refractivity contribution in [2.75, 3.05) is 0 Å². The molecule has 0 aliphatic carbocycles. The number of thioether (sulfide) groups is 1. The summed E-state index contributed by atoms with van der Waals surface area (Å²) in [6.07, 6.45) is 0. The molecule has 0 fully saturated rings. The first-order valence-corrected chi connectivity index (χ1v) is 8.40. The molecule has 0 aliphatic heterocycles. The molecule has 3 N–H and O–H groups in total. The van der Waals surface area contributed by atoms with E-state index in [0.29, 0.717) is 6.54 Å². The minimum atomic E-state index is -0.339. The van der Waals surface area contributed by atoms with Crippen LogP contribution in [0.25, 0.3) is 0 Å². The Labute approximate surface area is 140 Å². The van der Waals surface area contributed by atoms with Crippen LogP contribution in [0.1, 0.15) is 18.1 Å². The summed E-state index contributed by atoms with van der Waals surface area (Å²) in [6, 6.07) is 15.9. The third-order valence-corrected chi connectivity index (χ3v) is 4.58. The monoisotopic (exact) mass is 334 g/mol. The van der Waals surface area contributed by atoms with Gasteiger partial charge in [-0.25, -0.2) is 0 Å². The lowest BCUT2D eigenvalue weighted by Crippen LogP contribution is -2.38. The van der Waals surface area contributed by atoms with Crippen molar-refractivity contribution in [1.82, 2.24) is 5.32 Å². The number of halogens is 1. The molecule has 1 atom stereocenters. The Balaban J connectivity index is 1.85. The van der Waals surface area contributed by atoms with Gasteiger partial charge in [-0.2, -0.15) is 0 Å². The average Bonchev–Trinajstić information content (AvgIpc) is 2.51. The summed E-state index contributed by atoms with van der Waals surface area (Å²) < 4.78 is 0. The maximum Gasteiger partial charge on any atom is 0.234 e. The van der Waals surface area contributed by atoms with Crippen LogP contribution >= 0.6 is 23.4 Å². The number of rotatable bonds is 7. The van der Waals surface area contributed by atoms with E-state index < -0.39 is 0 Å². The molecule has 3 nitrogen and oxygen atoms in total. The Kier molecular flexibility index (Phi) is 6.31. The lowest BCUT2D eigenvalue weighted by molar-refractivity contribution is -0.119. The molecule has 2 rings (SSSR count). The van der Waals surface area contributed by atoms with Gasteiger partial charge in [-0.1, -0.05) is 35.9 Å². The van der Waals surface area contributed by atoms with Crippen LogP contribution in [0.15, 0.2) is 53.4 Å². The molecular formula is C17H19ClN2OS. The summed E-state index contributed by atoms with van der Waals surface area (Å²) >= 11 is 7.75. The molecule has 0 radical (unpaired) electrons. The topological polar surface area (TPSA) is 55.1 Å². The van der Waals surface area contributed by atoms with Crippen LogP contribution < -0.4 is 11.1 Å². The minimum Gasteiger partial charge on any atom is -0.368 e. The zero-order chi connectivity index (χ0) is 15.9. The third-order valence-electron chi connectivity index (χ3n) is 3.26. The number of nitrogens with one attached hydrogen (secondary N) is 1. The van der Waals surface area contributed by atoms with Gasteiger partial charge in [-0.05, 0) is 42.3 Å². The van der Waals surface area contributed by atoms with Crippen LogP contribution in [0.2, 0.25) is 5.02 Å². The molecule has 2 aromatic carbocycles. The van der Waals surface area contributed by atoms with E-state index in [2.05, 4.69) is 35.6 Å². The second-order valence-corrected chi connectivity index (χ2v) is 6.55. The lowest BCUT2D eigenvalue weighted by atomic mass is 10.2. The smallest absolute Gasteiger partial charge is 0.234 e. The highest BCUT2D eigenvalue weighted by molar-refractivity contribution is 7.98. The van der Waals surface area contributed by atoms with E-state index in [4.69, 9.17) is 17.3 Å². The summed E-state index contributed by atoms with van der Waals surface area (Å²) in [4.78, 5) is 12.2. The van der Waals surface area contributed by atoms with Gasteiger partial charge in [-0.3, -0.25) is 4.79 Å². The summed E-state index contributed by atoms with van der Waals surface area (Å²) in [5, 5.41) is 3.85. The summed E-state index contributed by atoms with van der Waals surface area (Å²) in [7, 11) is 0. The van der Waals surface area contributed by atoms with E-state index in [1.165, 1.54) is 10.5 Å². The molecule has 0 heterocycles. The zero-order valence-corrected chi connectivity index (χ0v) is 14.0. The SMILES string of the molecule is CC(NCc1ccc(SCc2cccc(Cl)c2)cc1)C(N)=O. The Morgan fingerprint density at radius 3 is 2.59 bits per heavy atom. The van der Waals surface area contributed by atoms with Crippen molar-refractivity contribution in [3.63, 3.8) is 0 Å². The molecule has 22 heavy (non-hydrogen) atoms. The highest BCUT2D eigenvalue weighted by Gasteiger charge is 2.06. The van der Waals surface area contributed by atoms with Crippen molar-refractivity contribution >= 4 is 29.3 Å². The Morgan fingerprint density at radius 2 is 1.95 bits per heavy atom. The molecule has 1 unspecified atom stereocenters. The Hall–Kier alpha value is -1.49. The van der Waals surface area contributed by atoms with Gasteiger partial charge >= 0.3 is 0 Å². The zero-order valence-electron chi connectivity index (χ0n) is 12.4. The van der Waals surface area contributed by atoms with Gasteiger partial charge < -0.3 is 11.1 Å². The van der Waals surface area contributed by atoms with E-state index in [1.54, 1.807) is 18.7 Å². The molecule has 116 valence electrons. The van der Waals surface area contributed by atoms with Crippen molar-refractivity contribution in [3.8, 4) is 0 Å². The second kappa shape index (κ2) is 8.22. The molecular weight excluding hydrogens is 316 g/mol. The van der Waals surface area contributed by atoms with Gasteiger partial charge in [0.25, 0.3) is 0 Å². The number of amides is 1. The van der Waals surface area contributed by atoms with Crippen LogP contribution in [0.4, 0.5) is 0 Å². The van der Waals surface area contributed by atoms with Crippen LogP contribution in [0.3, 0.4) is 0 Å². The fourth-order valence-electron chi connectivity index (χ4n) is 1.87. The number of carbonyl (C=O) groups excluding carboxylic acids is 1. The summed E-state index contributed by atoms with van der Waals surface area (Å²) in [5.74, 6) is 0.547. The van der Waals surface area contributed by atoms with Crippen LogP contribution in [0, 0.1) is 0 Å². The molecule has 0 aliphatic rings. The van der Waals surface area contributed by atoms with Gasteiger partial charge in [0.1, 0.15) is 0 Å². The van der Waals surface area contributed by atoms with E-state index in [9.17, 15) is 4.79 Å². The van der Waals surface area contributed by atoms with Gasteiger partial charge in [0.2, 0.25) is 5.91 Å². The van der Waals surface area contributed by atoms with Gasteiger partial charge in [0.05, 0.1) is 6.04 Å². The normalized spacial score (nSPS) is 12.1. The predicted molar refractivity (Wildman–Crippen MR) is 93.0 cm³/mol. The third kappa shape index (κ3) is 5.37. The number of nitrogens with two attached hydrogens (primary N) is 1. The average molecular weight is 335 g/mol. The Morgan fingerprint density at radius 1 is 1.23 bits per heavy atom. The van der Waals surface area contributed by atoms with Crippen LogP contribution in [0.5, 0.6) is 0 Å². The van der Waals surface area contributed by atoms with Gasteiger partial charge in [0, 0.05) is 22.2 Å². The molecule has 0 saturated heterocycles. The molecule has 0 saturated carbocycles. The largest absolute Gasteiger partial charge is 0.368 e. The highest BCUT2D eigenvalue weighted by atomic mass is 35.5. The van der Waals surface area contributed by atoms with E-state index >= 15 is 0 Å². The molecule has 0 aromatic heterocycles. The first-order chi connectivity index (χ1) is 10.5. The van der Waals surface area contributed by atoms with E-state index in [0.717, 1.165) is 16.3 Å². The highest BCUT2D eigenvalue weighted by Crippen LogP contribution is 2.24. The van der Waals surface area contributed by atoms with E-state index in [1.807, 2.05) is 18.2 Å². The van der Waals surface area contributed by atoms with Gasteiger partial charge in [-0.15, -0.1) is 11.8 Å². The maximum atomic E-state index is 11.0. The van der Waals surface area contributed by atoms with Crippen molar-refractivity contribution < 1.29 is 4.79 Å². The number of benzene rings is 2. The first kappa shape index (κ1) is 16.9. The van der Waals surface area contributed by atoms with Crippen molar-refractivity contribution in [2.45, 2.75) is 30.2 Å². The van der Waals surface area contributed by atoms with Gasteiger partial charge in [0.15, 0.2) is 0 Å². The summed E-state index contributed by atoms with van der Waals surface area (Å²) in [5.41, 5.74) is 7.55. The van der Waals surface area contributed by atoms with Crippen LogP contribution in [-0.4, -0.2) is 11.9 Å². The molecule has 1 amide bonds. The lowest BCUT2D eigenvalue weighted by Gasteiger charge is -2.10. The quantitative estimate of drug-likeness (QED) is 0.761. The Bertz CT molecular complexity index is 631. The molecule has 0 bridgehead atoms. The maximum absolute atomic E-state index is 11.0.